The van der Waals surface area contributed by atoms with Crippen molar-refractivity contribution in [3.8, 4) is 0 Å². The first kappa shape index (κ1) is 10.8. The van der Waals surface area contributed by atoms with Gasteiger partial charge in [-0.05, 0) is 32.4 Å². The maximum Gasteiger partial charge on any atom is 0.221 e. The third-order valence-electron chi connectivity index (χ3n) is 4.13. The fourth-order valence-electron chi connectivity index (χ4n) is 3.06. The Kier molecular flexibility index (Phi) is 2.63. The second-order valence-corrected chi connectivity index (χ2v) is 5.06. The van der Waals surface area contributed by atoms with Crippen LogP contribution in [0.1, 0.15) is 19.3 Å². The Morgan fingerprint density at radius 2 is 2.12 bits per heavy atom. The first-order valence-corrected chi connectivity index (χ1v) is 6.29. The molecule has 2 aliphatic rings. The van der Waals surface area contributed by atoms with Crippen molar-refractivity contribution < 1.29 is 0 Å². The van der Waals surface area contributed by atoms with Crippen LogP contribution in [-0.2, 0) is 0 Å². The molecule has 2 fully saturated rings. The lowest BCUT2D eigenvalue weighted by Gasteiger charge is -2.26. The average molecular weight is 233 g/mol. The quantitative estimate of drug-likeness (QED) is 0.775. The minimum Gasteiger partial charge on any atom is -0.368 e. The summed E-state index contributed by atoms with van der Waals surface area (Å²) < 4.78 is 0. The highest BCUT2D eigenvalue weighted by Crippen LogP contribution is 2.29. The molecule has 2 bridgehead atoms. The van der Waals surface area contributed by atoms with Crippen LogP contribution >= 0.6 is 0 Å². The molecule has 5 heteroatoms. The molecule has 2 aliphatic heterocycles. The molecule has 2 N–H and O–H groups in total. The molecule has 2 unspecified atom stereocenters. The van der Waals surface area contributed by atoms with E-state index in [-0.39, 0.29) is 0 Å². The number of likely N-dealkylation sites (N-methyl/N-ethyl adjacent to an activating group) is 1. The first-order valence-electron chi connectivity index (χ1n) is 6.29. The summed E-state index contributed by atoms with van der Waals surface area (Å²) in [4.78, 5) is 13.1. The summed E-state index contributed by atoms with van der Waals surface area (Å²) in [5.74, 6) is 1.34. The van der Waals surface area contributed by atoms with E-state index in [1.165, 1.54) is 19.3 Å². The van der Waals surface area contributed by atoms with Crippen LogP contribution in [0.5, 0.6) is 0 Å². The highest BCUT2D eigenvalue weighted by Gasteiger charge is 2.34. The van der Waals surface area contributed by atoms with Crippen LogP contribution in [-0.4, -0.2) is 47.1 Å². The molecule has 3 heterocycles. The minimum atomic E-state index is 0.366. The van der Waals surface area contributed by atoms with E-state index in [9.17, 15) is 0 Å². The molecule has 0 amide bonds. The zero-order chi connectivity index (χ0) is 11.8. The molecule has 0 aromatic carbocycles. The fourth-order valence-corrected chi connectivity index (χ4v) is 3.06. The van der Waals surface area contributed by atoms with Crippen molar-refractivity contribution >= 4 is 11.8 Å². The largest absolute Gasteiger partial charge is 0.368 e. The maximum absolute atomic E-state index is 5.65. The number of nitrogens with zero attached hydrogens (tertiary/aromatic N) is 4. The highest BCUT2D eigenvalue weighted by molar-refractivity contribution is 5.41. The molecular formula is C12H19N5. The molecular weight excluding hydrogens is 214 g/mol. The second-order valence-electron chi connectivity index (χ2n) is 5.06. The summed E-state index contributed by atoms with van der Waals surface area (Å²) in [6, 6.07) is 3.37. The number of aromatic nitrogens is 2. The zero-order valence-electron chi connectivity index (χ0n) is 10.2. The summed E-state index contributed by atoms with van der Waals surface area (Å²) in [5.41, 5.74) is 5.65. The van der Waals surface area contributed by atoms with Gasteiger partial charge in [-0.1, -0.05) is 0 Å². The SMILES string of the molecule is CN1C2CCC1CN(c1ccnc(N)n1)CC2. The van der Waals surface area contributed by atoms with Crippen molar-refractivity contribution in [3.63, 3.8) is 0 Å². The summed E-state index contributed by atoms with van der Waals surface area (Å²) in [6.45, 7) is 2.13. The average Bonchev–Trinajstić information content (AvgIpc) is 2.53. The molecule has 1 aromatic rings. The predicted octanol–water partition coefficient (Wildman–Crippen LogP) is 0.732. The second kappa shape index (κ2) is 4.14. The summed E-state index contributed by atoms with van der Waals surface area (Å²) >= 11 is 0. The van der Waals surface area contributed by atoms with E-state index in [1.54, 1.807) is 6.20 Å². The van der Waals surface area contributed by atoms with Gasteiger partial charge in [0.05, 0.1) is 0 Å². The monoisotopic (exact) mass is 233 g/mol. The normalized spacial score (nSPS) is 29.4. The lowest BCUT2D eigenvalue weighted by Crippen LogP contribution is -2.37. The lowest BCUT2D eigenvalue weighted by molar-refractivity contribution is 0.254. The number of hydrogen-bond acceptors (Lipinski definition) is 5. The lowest BCUT2D eigenvalue weighted by atomic mass is 10.1. The van der Waals surface area contributed by atoms with Gasteiger partial charge in [0.2, 0.25) is 5.95 Å². The van der Waals surface area contributed by atoms with E-state index >= 15 is 0 Å². The third kappa shape index (κ3) is 1.95. The molecule has 2 atom stereocenters. The van der Waals surface area contributed by atoms with E-state index in [0.717, 1.165) is 24.9 Å². The summed E-state index contributed by atoms with van der Waals surface area (Å²) in [6.07, 6.45) is 5.61. The van der Waals surface area contributed by atoms with Crippen LogP contribution in [0.25, 0.3) is 0 Å². The molecule has 0 saturated carbocycles. The van der Waals surface area contributed by atoms with Crippen LogP contribution in [0.3, 0.4) is 0 Å². The number of nitrogen functional groups attached to an aromatic ring is 1. The van der Waals surface area contributed by atoms with Crippen molar-refractivity contribution in [2.24, 2.45) is 0 Å². The van der Waals surface area contributed by atoms with Crippen molar-refractivity contribution in [3.05, 3.63) is 12.3 Å². The van der Waals surface area contributed by atoms with Gasteiger partial charge in [-0.15, -0.1) is 0 Å². The predicted molar refractivity (Wildman–Crippen MR) is 67.8 cm³/mol. The van der Waals surface area contributed by atoms with Crippen molar-refractivity contribution in [1.82, 2.24) is 14.9 Å². The Morgan fingerprint density at radius 3 is 2.94 bits per heavy atom. The van der Waals surface area contributed by atoms with Crippen molar-refractivity contribution in [2.45, 2.75) is 31.3 Å². The molecule has 5 nitrogen and oxygen atoms in total. The number of nitrogens with two attached hydrogens (primary N) is 1. The van der Waals surface area contributed by atoms with Crippen LogP contribution in [0, 0.1) is 0 Å². The number of fused-ring (bicyclic) bond motifs is 2. The maximum atomic E-state index is 5.65. The Bertz CT molecular complexity index is 408. The standard InChI is InChI=1S/C12H19N5/c1-16-9-2-3-10(16)8-17(7-5-9)11-4-6-14-12(13)15-11/h4,6,9-10H,2-3,5,7-8H2,1H3,(H2,13,14,15). The van der Waals surface area contributed by atoms with Gasteiger partial charge in [0.1, 0.15) is 5.82 Å². The topological polar surface area (TPSA) is 58.3 Å². The van der Waals surface area contributed by atoms with E-state index in [1.807, 2.05) is 6.07 Å². The van der Waals surface area contributed by atoms with Crippen LogP contribution in [0.15, 0.2) is 12.3 Å². The molecule has 0 aliphatic carbocycles. The molecule has 3 rings (SSSR count). The Hall–Kier alpha value is -1.36. The van der Waals surface area contributed by atoms with Gasteiger partial charge in [-0.3, -0.25) is 4.90 Å². The van der Waals surface area contributed by atoms with E-state index < -0.39 is 0 Å². The fraction of sp³-hybridized carbons (Fsp3) is 0.667. The van der Waals surface area contributed by atoms with Crippen LogP contribution < -0.4 is 10.6 Å². The van der Waals surface area contributed by atoms with Gasteiger partial charge in [-0.2, -0.15) is 4.98 Å². The molecule has 17 heavy (non-hydrogen) atoms. The molecule has 0 radical (unpaired) electrons. The number of anilines is 2. The third-order valence-corrected chi connectivity index (χ3v) is 4.13. The smallest absolute Gasteiger partial charge is 0.221 e. The molecule has 0 spiro atoms. The van der Waals surface area contributed by atoms with E-state index in [4.69, 9.17) is 5.73 Å². The Balaban J connectivity index is 1.81. The van der Waals surface area contributed by atoms with E-state index in [2.05, 4.69) is 26.8 Å². The van der Waals surface area contributed by atoms with E-state index in [0.29, 0.717) is 12.0 Å². The Morgan fingerprint density at radius 1 is 1.29 bits per heavy atom. The van der Waals surface area contributed by atoms with Crippen molar-refractivity contribution in [2.75, 3.05) is 30.8 Å². The zero-order valence-corrected chi connectivity index (χ0v) is 10.2. The summed E-state index contributed by atoms with van der Waals surface area (Å²) in [5, 5.41) is 0. The number of rotatable bonds is 1. The van der Waals surface area contributed by atoms with Crippen LogP contribution in [0.4, 0.5) is 11.8 Å². The molecule has 92 valence electrons. The highest BCUT2D eigenvalue weighted by atomic mass is 15.3. The van der Waals surface area contributed by atoms with Gasteiger partial charge < -0.3 is 10.6 Å². The molecule has 2 saturated heterocycles. The van der Waals surface area contributed by atoms with Gasteiger partial charge in [0.25, 0.3) is 0 Å². The van der Waals surface area contributed by atoms with Gasteiger partial charge in [0.15, 0.2) is 0 Å². The van der Waals surface area contributed by atoms with Crippen LogP contribution in [0.2, 0.25) is 0 Å². The van der Waals surface area contributed by atoms with Gasteiger partial charge in [0, 0.05) is 31.4 Å². The van der Waals surface area contributed by atoms with Gasteiger partial charge >= 0.3 is 0 Å². The minimum absolute atomic E-state index is 0.366. The summed E-state index contributed by atoms with van der Waals surface area (Å²) in [7, 11) is 2.25. The number of hydrogen-bond donors (Lipinski definition) is 1. The Labute approximate surface area is 102 Å². The van der Waals surface area contributed by atoms with Crippen molar-refractivity contribution in [1.29, 1.82) is 0 Å². The molecule has 1 aromatic heterocycles. The van der Waals surface area contributed by atoms with Gasteiger partial charge in [-0.25, -0.2) is 4.98 Å². The first-order chi connectivity index (χ1) is 8.24.